The average molecular weight is 363 g/mol. The number of H-pyrrole nitrogens is 1. The lowest BCUT2D eigenvalue weighted by Crippen LogP contribution is -2.36. The van der Waals surface area contributed by atoms with Gasteiger partial charge in [-0.15, -0.1) is 0 Å². The van der Waals surface area contributed by atoms with Gasteiger partial charge in [-0.2, -0.15) is 0 Å². The number of rotatable bonds is 7. The highest BCUT2D eigenvalue weighted by Gasteiger charge is 2.20. The predicted octanol–water partition coefficient (Wildman–Crippen LogP) is 2.60. The fourth-order valence-electron chi connectivity index (χ4n) is 2.88. The molecule has 0 saturated heterocycles. The maximum Gasteiger partial charge on any atom is 0.256 e. The molecule has 5 nitrogen and oxygen atoms in total. The van der Waals surface area contributed by atoms with Crippen molar-refractivity contribution in [3.63, 3.8) is 0 Å². The Morgan fingerprint density at radius 3 is 2.92 bits per heavy atom. The lowest BCUT2D eigenvalue weighted by molar-refractivity contribution is 0.166. The van der Waals surface area contributed by atoms with E-state index in [4.69, 9.17) is 4.74 Å². The number of aromatic amines is 1. The quantitative estimate of drug-likeness (QED) is 0.466. The fraction of sp³-hybridized carbons (Fsp3) is 0.444. The van der Waals surface area contributed by atoms with Crippen molar-refractivity contribution in [2.24, 2.45) is 0 Å². The number of nitrogens with zero attached hydrogens (tertiary/aromatic N) is 2. The highest BCUT2D eigenvalue weighted by molar-refractivity contribution is 7.98. The summed E-state index contributed by atoms with van der Waals surface area (Å²) in [4.78, 5) is 22.2. The van der Waals surface area contributed by atoms with E-state index in [1.54, 1.807) is 19.2 Å². The van der Waals surface area contributed by atoms with Crippen LogP contribution in [0.15, 0.2) is 34.2 Å². The lowest BCUT2D eigenvalue weighted by Gasteiger charge is -2.27. The molecule has 1 aromatic carbocycles. The van der Waals surface area contributed by atoms with Crippen molar-refractivity contribution >= 4 is 11.8 Å². The molecular formula is C18H22FN3O2S. The number of hydrogen-bond acceptors (Lipinski definition) is 5. The molecule has 0 saturated carbocycles. The number of benzene rings is 1. The molecule has 7 heteroatoms. The highest BCUT2D eigenvalue weighted by atomic mass is 32.2. The van der Waals surface area contributed by atoms with E-state index in [9.17, 15) is 9.18 Å². The fourth-order valence-corrected chi connectivity index (χ4v) is 3.72. The van der Waals surface area contributed by atoms with Gasteiger partial charge in [0.1, 0.15) is 5.82 Å². The molecule has 0 amide bonds. The summed E-state index contributed by atoms with van der Waals surface area (Å²) >= 11 is 1.46. The molecule has 0 bridgehead atoms. The number of thioether (sulfide) groups is 1. The van der Waals surface area contributed by atoms with E-state index in [0.29, 0.717) is 17.5 Å². The van der Waals surface area contributed by atoms with Crippen molar-refractivity contribution in [1.29, 1.82) is 0 Å². The summed E-state index contributed by atoms with van der Waals surface area (Å²) in [5.74, 6) is 0.398. The van der Waals surface area contributed by atoms with E-state index in [-0.39, 0.29) is 11.4 Å². The third-order valence-corrected chi connectivity index (χ3v) is 5.18. The van der Waals surface area contributed by atoms with Crippen LogP contribution in [-0.2, 0) is 23.5 Å². The van der Waals surface area contributed by atoms with Gasteiger partial charge in [0.25, 0.3) is 5.56 Å². The van der Waals surface area contributed by atoms with Gasteiger partial charge in [-0.3, -0.25) is 9.69 Å². The molecule has 2 aromatic rings. The molecule has 0 unspecified atom stereocenters. The Morgan fingerprint density at radius 2 is 2.16 bits per heavy atom. The predicted molar refractivity (Wildman–Crippen MR) is 96.3 cm³/mol. The van der Waals surface area contributed by atoms with Crippen LogP contribution >= 0.6 is 11.8 Å². The van der Waals surface area contributed by atoms with Crippen LogP contribution in [0.4, 0.5) is 4.39 Å². The minimum absolute atomic E-state index is 0.0527. The number of aromatic nitrogens is 2. The van der Waals surface area contributed by atoms with Crippen LogP contribution in [0.5, 0.6) is 0 Å². The number of nitrogens with one attached hydrogen (secondary N) is 1. The minimum Gasteiger partial charge on any atom is -0.385 e. The van der Waals surface area contributed by atoms with Gasteiger partial charge in [0.2, 0.25) is 0 Å². The Balaban J connectivity index is 1.64. The van der Waals surface area contributed by atoms with E-state index >= 15 is 0 Å². The van der Waals surface area contributed by atoms with Gasteiger partial charge in [-0.1, -0.05) is 23.9 Å². The van der Waals surface area contributed by atoms with Gasteiger partial charge < -0.3 is 9.72 Å². The minimum atomic E-state index is -0.246. The van der Waals surface area contributed by atoms with Crippen LogP contribution in [0.2, 0.25) is 0 Å². The first-order chi connectivity index (χ1) is 12.2. The molecule has 1 aliphatic heterocycles. The third-order valence-electron chi connectivity index (χ3n) is 4.24. The van der Waals surface area contributed by atoms with E-state index in [0.717, 1.165) is 49.4 Å². The summed E-state index contributed by atoms with van der Waals surface area (Å²) in [5, 5.41) is 0.626. The first kappa shape index (κ1) is 18.1. The zero-order valence-corrected chi connectivity index (χ0v) is 15.1. The maximum atomic E-state index is 12.9. The smallest absolute Gasteiger partial charge is 0.256 e. The Bertz CT molecular complexity index is 764. The van der Waals surface area contributed by atoms with Crippen LogP contribution in [-0.4, -0.2) is 41.7 Å². The van der Waals surface area contributed by atoms with E-state index in [2.05, 4.69) is 14.9 Å². The van der Waals surface area contributed by atoms with Crippen molar-refractivity contribution < 1.29 is 9.13 Å². The number of fused-ring (bicyclic) bond motifs is 1. The molecule has 1 N–H and O–H groups in total. The van der Waals surface area contributed by atoms with Crippen LogP contribution in [0, 0.1) is 5.82 Å². The SMILES string of the molecule is COCCCN1CCc2nc(SCc3ccc(F)cc3)[nH]c(=O)c2C1. The Hall–Kier alpha value is -1.70. The number of ether oxygens (including phenoxy) is 1. The van der Waals surface area contributed by atoms with E-state index < -0.39 is 0 Å². The lowest BCUT2D eigenvalue weighted by atomic mass is 10.1. The second-order valence-corrected chi connectivity index (χ2v) is 7.05. The van der Waals surface area contributed by atoms with E-state index in [1.165, 1.54) is 23.9 Å². The summed E-state index contributed by atoms with van der Waals surface area (Å²) in [7, 11) is 1.70. The summed E-state index contributed by atoms with van der Waals surface area (Å²) < 4.78 is 18.0. The molecule has 1 aliphatic rings. The molecule has 3 rings (SSSR count). The monoisotopic (exact) mass is 363 g/mol. The van der Waals surface area contributed by atoms with E-state index in [1.807, 2.05) is 0 Å². The maximum absolute atomic E-state index is 12.9. The van der Waals surface area contributed by atoms with Gasteiger partial charge in [0, 0.05) is 45.5 Å². The summed E-state index contributed by atoms with van der Waals surface area (Å²) in [6, 6.07) is 6.38. The summed E-state index contributed by atoms with van der Waals surface area (Å²) in [6.45, 7) is 3.21. The standard InChI is InChI=1S/C18H22FN3O2S/c1-24-10-2-8-22-9-7-16-15(11-22)17(23)21-18(20-16)25-12-13-3-5-14(19)6-4-13/h3-6H,2,7-12H2,1H3,(H,20,21,23). The Kier molecular flexibility index (Phi) is 6.23. The van der Waals surface area contributed by atoms with Gasteiger partial charge >= 0.3 is 0 Å². The number of hydrogen-bond donors (Lipinski definition) is 1. The van der Waals surface area contributed by atoms with Crippen molar-refractivity contribution in [2.75, 3.05) is 26.8 Å². The molecule has 2 heterocycles. The molecule has 0 radical (unpaired) electrons. The Morgan fingerprint density at radius 1 is 1.36 bits per heavy atom. The molecule has 134 valence electrons. The van der Waals surface area contributed by atoms with Crippen molar-refractivity contribution in [1.82, 2.24) is 14.9 Å². The van der Waals surface area contributed by atoms with Crippen molar-refractivity contribution in [3.05, 3.63) is 57.3 Å². The largest absolute Gasteiger partial charge is 0.385 e. The number of halogens is 1. The van der Waals surface area contributed by atoms with Crippen LogP contribution in [0.3, 0.4) is 0 Å². The second kappa shape index (κ2) is 8.60. The van der Waals surface area contributed by atoms with Crippen LogP contribution in [0.1, 0.15) is 23.2 Å². The first-order valence-corrected chi connectivity index (χ1v) is 9.35. The molecule has 0 spiro atoms. The Labute approximate surface area is 150 Å². The third kappa shape index (κ3) is 4.90. The normalized spacial score (nSPS) is 14.5. The number of methoxy groups -OCH3 is 1. The molecular weight excluding hydrogens is 341 g/mol. The first-order valence-electron chi connectivity index (χ1n) is 8.36. The average Bonchev–Trinajstić information content (AvgIpc) is 2.62. The molecule has 0 aliphatic carbocycles. The van der Waals surface area contributed by atoms with Crippen LogP contribution < -0.4 is 5.56 Å². The van der Waals surface area contributed by atoms with Gasteiger partial charge in [-0.05, 0) is 24.1 Å². The summed E-state index contributed by atoms with van der Waals surface area (Å²) in [6.07, 6.45) is 1.75. The highest BCUT2D eigenvalue weighted by Crippen LogP contribution is 2.21. The molecule has 1 aromatic heterocycles. The summed E-state index contributed by atoms with van der Waals surface area (Å²) in [5.41, 5.74) is 2.61. The molecule has 0 fully saturated rings. The van der Waals surface area contributed by atoms with Gasteiger partial charge in [0.05, 0.1) is 11.3 Å². The molecule has 25 heavy (non-hydrogen) atoms. The second-order valence-electron chi connectivity index (χ2n) is 6.08. The topological polar surface area (TPSA) is 58.2 Å². The molecule has 0 atom stereocenters. The van der Waals surface area contributed by atoms with Gasteiger partial charge in [-0.25, -0.2) is 9.37 Å². The zero-order valence-electron chi connectivity index (χ0n) is 14.3. The van der Waals surface area contributed by atoms with Crippen molar-refractivity contribution in [2.45, 2.75) is 30.3 Å². The van der Waals surface area contributed by atoms with Crippen LogP contribution in [0.25, 0.3) is 0 Å². The van der Waals surface area contributed by atoms with Gasteiger partial charge in [0.15, 0.2) is 5.16 Å². The zero-order chi connectivity index (χ0) is 17.6. The van der Waals surface area contributed by atoms with Crippen molar-refractivity contribution in [3.8, 4) is 0 Å².